The Kier molecular flexibility index (Phi) is 6.52. The van der Waals surface area contributed by atoms with Crippen LogP contribution in [0, 0.1) is 13.8 Å². The molecule has 1 amide bonds. The molecule has 28 heavy (non-hydrogen) atoms. The Morgan fingerprint density at radius 1 is 1.11 bits per heavy atom. The maximum absolute atomic E-state index is 12.3. The smallest absolute Gasteiger partial charge is 0.277 e. The lowest BCUT2D eigenvalue weighted by molar-refractivity contribution is -0.119. The van der Waals surface area contributed by atoms with Gasteiger partial charge in [0.1, 0.15) is 0 Å². The summed E-state index contributed by atoms with van der Waals surface area (Å²) in [6.07, 6.45) is 1.01. The van der Waals surface area contributed by atoms with Gasteiger partial charge in [0.25, 0.3) is 5.22 Å². The number of thioether (sulfide) groups is 1. The van der Waals surface area contributed by atoms with Crippen LogP contribution in [0.15, 0.2) is 52.1 Å². The molecule has 1 N–H and O–H groups in total. The number of amides is 1. The normalized spacial score (nSPS) is 12.0. The van der Waals surface area contributed by atoms with Crippen molar-refractivity contribution in [3.63, 3.8) is 0 Å². The highest BCUT2D eigenvalue weighted by molar-refractivity contribution is 7.99. The number of rotatable bonds is 7. The molecule has 0 spiro atoms. The molecule has 6 heteroatoms. The molecule has 1 atom stereocenters. The van der Waals surface area contributed by atoms with Gasteiger partial charge in [-0.1, -0.05) is 49.0 Å². The number of aryl methyl sites for hydroxylation is 3. The molecule has 0 bridgehead atoms. The fourth-order valence-corrected chi connectivity index (χ4v) is 3.37. The lowest BCUT2D eigenvalue weighted by atomic mass is 10.1. The van der Waals surface area contributed by atoms with Crippen LogP contribution in [0.3, 0.4) is 0 Å². The van der Waals surface area contributed by atoms with Crippen LogP contribution in [-0.2, 0) is 11.2 Å². The Balaban J connectivity index is 1.54. The van der Waals surface area contributed by atoms with E-state index < -0.39 is 0 Å². The van der Waals surface area contributed by atoms with E-state index >= 15 is 0 Å². The van der Waals surface area contributed by atoms with Gasteiger partial charge in [-0.2, -0.15) is 0 Å². The minimum atomic E-state index is -0.0667. The van der Waals surface area contributed by atoms with Crippen LogP contribution in [0.2, 0.25) is 0 Å². The Hall–Kier alpha value is -2.60. The molecular formula is C22H25N3O2S. The Bertz CT molecular complexity index is 951. The molecule has 3 rings (SSSR count). The zero-order chi connectivity index (χ0) is 20.1. The summed E-state index contributed by atoms with van der Waals surface area (Å²) in [7, 11) is 0. The van der Waals surface area contributed by atoms with Gasteiger partial charge in [-0.15, -0.1) is 10.2 Å². The molecule has 0 fully saturated rings. The molecule has 0 unspecified atom stereocenters. The number of nitrogens with zero attached hydrogens (tertiary/aromatic N) is 2. The summed E-state index contributed by atoms with van der Waals surface area (Å²) in [5.74, 6) is 0.629. The Morgan fingerprint density at radius 3 is 2.54 bits per heavy atom. The van der Waals surface area contributed by atoms with Crippen LogP contribution in [0.5, 0.6) is 0 Å². The number of hydrogen-bond acceptors (Lipinski definition) is 5. The first-order valence-corrected chi connectivity index (χ1v) is 10.4. The van der Waals surface area contributed by atoms with E-state index in [0.29, 0.717) is 11.1 Å². The summed E-state index contributed by atoms with van der Waals surface area (Å²) in [5.41, 5.74) is 5.65. The van der Waals surface area contributed by atoms with Crippen molar-refractivity contribution in [1.82, 2.24) is 15.5 Å². The van der Waals surface area contributed by atoms with Crippen LogP contribution in [0.4, 0.5) is 0 Å². The molecule has 146 valence electrons. The van der Waals surface area contributed by atoms with Crippen molar-refractivity contribution in [2.45, 2.75) is 45.4 Å². The summed E-state index contributed by atoms with van der Waals surface area (Å²) < 4.78 is 5.69. The van der Waals surface area contributed by atoms with E-state index in [2.05, 4.69) is 53.6 Å². The summed E-state index contributed by atoms with van der Waals surface area (Å²) in [4.78, 5) is 12.3. The quantitative estimate of drug-likeness (QED) is 0.577. The fourth-order valence-electron chi connectivity index (χ4n) is 2.79. The molecule has 0 aliphatic carbocycles. The third-order valence-electron chi connectivity index (χ3n) is 4.75. The summed E-state index contributed by atoms with van der Waals surface area (Å²) in [6.45, 7) is 8.21. The SMILES string of the molecule is CCc1ccc([C@H](C)NC(=O)CSc2nnc(-c3ccc(C)c(C)c3)o2)cc1. The van der Waals surface area contributed by atoms with E-state index in [1.165, 1.54) is 28.5 Å². The van der Waals surface area contributed by atoms with Gasteiger partial charge in [-0.05, 0) is 61.6 Å². The van der Waals surface area contributed by atoms with Gasteiger partial charge in [0.15, 0.2) is 0 Å². The first-order chi connectivity index (χ1) is 13.5. The minimum Gasteiger partial charge on any atom is -0.411 e. The molecule has 0 saturated heterocycles. The largest absolute Gasteiger partial charge is 0.411 e. The second-order valence-corrected chi connectivity index (χ2v) is 7.77. The molecule has 0 saturated carbocycles. The van der Waals surface area contributed by atoms with Crippen molar-refractivity contribution < 1.29 is 9.21 Å². The van der Waals surface area contributed by atoms with Gasteiger partial charge in [0.2, 0.25) is 11.8 Å². The summed E-state index contributed by atoms with van der Waals surface area (Å²) in [6, 6.07) is 14.3. The number of carbonyl (C=O) groups excluding carboxylic acids is 1. The van der Waals surface area contributed by atoms with Crippen molar-refractivity contribution >= 4 is 17.7 Å². The molecule has 2 aromatic carbocycles. The predicted molar refractivity (Wildman–Crippen MR) is 112 cm³/mol. The first kappa shape index (κ1) is 20.1. The third-order valence-corrected chi connectivity index (χ3v) is 5.57. The number of aromatic nitrogens is 2. The third kappa shape index (κ3) is 5.01. The minimum absolute atomic E-state index is 0.0483. The lowest BCUT2D eigenvalue weighted by Gasteiger charge is -2.14. The van der Waals surface area contributed by atoms with Gasteiger partial charge in [0, 0.05) is 5.56 Å². The van der Waals surface area contributed by atoms with Gasteiger partial charge in [-0.3, -0.25) is 4.79 Å². The van der Waals surface area contributed by atoms with Crippen molar-refractivity contribution in [3.8, 4) is 11.5 Å². The lowest BCUT2D eigenvalue weighted by Crippen LogP contribution is -2.28. The number of nitrogens with one attached hydrogen (secondary N) is 1. The van der Waals surface area contributed by atoms with Gasteiger partial charge in [-0.25, -0.2) is 0 Å². The molecule has 1 aromatic heterocycles. The fraction of sp³-hybridized carbons (Fsp3) is 0.318. The highest BCUT2D eigenvalue weighted by atomic mass is 32.2. The zero-order valence-electron chi connectivity index (χ0n) is 16.7. The van der Waals surface area contributed by atoms with Crippen LogP contribution in [-0.4, -0.2) is 21.9 Å². The molecule has 0 radical (unpaired) electrons. The van der Waals surface area contributed by atoms with Crippen molar-refractivity contribution in [2.75, 3.05) is 5.75 Å². The predicted octanol–water partition coefficient (Wildman–Crippen LogP) is 4.89. The summed E-state index contributed by atoms with van der Waals surface area (Å²) in [5, 5.41) is 11.5. The number of hydrogen-bond donors (Lipinski definition) is 1. The van der Waals surface area contributed by atoms with Crippen LogP contribution in [0.1, 0.15) is 42.1 Å². The highest BCUT2D eigenvalue weighted by Gasteiger charge is 2.14. The molecule has 0 aliphatic rings. The standard InChI is InChI=1S/C22H25N3O2S/c1-5-17-7-10-18(11-8-17)16(4)23-20(26)13-28-22-25-24-21(27-22)19-9-6-14(2)15(3)12-19/h6-12,16H,5,13H2,1-4H3,(H,23,26)/t16-/m0/s1. The van der Waals surface area contributed by atoms with Gasteiger partial charge >= 0.3 is 0 Å². The number of carbonyl (C=O) groups is 1. The van der Waals surface area contributed by atoms with Crippen molar-refractivity contribution in [2.24, 2.45) is 0 Å². The molecule has 1 heterocycles. The van der Waals surface area contributed by atoms with Gasteiger partial charge in [0.05, 0.1) is 11.8 Å². The van der Waals surface area contributed by atoms with E-state index in [-0.39, 0.29) is 17.7 Å². The van der Waals surface area contributed by atoms with Crippen molar-refractivity contribution in [1.29, 1.82) is 0 Å². The monoisotopic (exact) mass is 395 g/mol. The topological polar surface area (TPSA) is 68.0 Å². The second-order valence-electron chi connectivity index (χ2n) is 6.85. The van der Waals surface area contributed by atoms with E-state index in [1.54, 1.807) is 0 Å². The molecule has 5 nitrogen and oxygen atoms in total. The second kappa shape index (κ2) is 9.06. The zero-order valence-corrected chi connectivity index (χ0v) is 17.5. The first-order valence-electron chi connectivity index (χ1n) is 9.38. The van der Waals surface area contributed by atoms with Gasteiger partial charge < -0.3 is 9.73 Å². The summed E-state index contributed by atoms with van der Waals surface area (Å²) >= 11 is 1.24. The average molecular weight is 396 g/mol. The Morgan fingerprint density at radius 2 is 1.86 bits per heavy atom. The van der Waals surface area contributed by atoms with Crippen molar-refractivity contribution in [3.05, 3.63) is 64.7 Å². The van der Waals surface area contributed by atoms with E-state index in [0.717, 1.165) is 17.5 Å². The van der Waals surface area contributed by atoms with E-state index in [9.17, 15) is 4.79 Å². The van der Waals surface area contributed by atoms with E-state index in [1.807, 2.05) is 32.0 Å². The van der Waals surface area contributed by atoms with Crippen LogP contribution < -0.4 is 5.32 Å². The maximum atomic E-state index is 12.3. The van der Waals surface area contributed by atoms with Crippen LogP contribution >= 0.6 is 11.8 Å². The number of benzene rings is 2. The molecule has 3 aromatic rings. The van der Waals surface area contributed by atoms with E-state index in [4.69, 9.17) is 4.42 Å². The van der Waals surface area contributed by atoms with Crippen LogP contribution in [0.25, 0.3) is 11.5 Å². The maximum Gasteiger partial charge on any atom is 0.277 e. The Labute approximate surface area is 170 Å². The highest BCUT2D eigenvalue weighted by Crippen LogP contribution is 2.25. The average Bonchev–Trinajstić information content (AvgIpc) is 3.17. The molecule has 0 aliphatic heterocycles. The molecular weight excluding hydrogens is 370 g/mol.